The van der Waals surface area contributed by atoms with E-state index in [9.17, 15) is 4.79 Å². The molecule has 1 N–H and O–H groups in total. The molecule has 1 aromatic heterocycles. The molecule has 0 radical (unpaired) electrons. The summed E-state index contributed by atoms with van der Waals surface area (Å²) in [7, 11) is 1.66. The van der Waals surface area contributed by atoms with E-state index in [2.05, 4.69) is 14.7 Å². The molecule has 0 saturated heterocycles. The van der Waals surface area contributed by atoms with Gasteiger partial charge in [0.1, 0.15) is 5.82 Å². The van der Waals surface area contributed by atoms with Crippen molar-refractivity contribution in [1.29, 1.82) is 0 Å². The van der Waals surface area contributed by atoms with Crippen LogP contribution in [0.3, 0.4) is 0 Å². The Bertz CT molecular complexity index is 612. The van der Waals surface area contributed by atoms with Crippen LogP contribution in [0.4, 0.5) is 16.5 Å². The van der Waals surface area contributed by atoms with Gasteiger partial charge in [0.15, 0.2) is 0 Å². The van der Waals surface area contributed by atoms with Crippen molar-refractivity contribution in [2.75, 3.05) is 30.5 Å². The molecule has 1 heterocycles. The van der Waals surface area contributed by atoms with Crippen LogP contribution < -0.4 is 10.2 Å². The van der Waals surface area contributed by atoms with Gasteiger partial charge in [-0.05, 0) is 31.2 Å². The van der Waals surface area contributed by atoms with E-state index in [0.717, 1.165) is 22.3 Å². The molecule has 7 heteroatoms. The summed E-state index contributed by atoms with van der Waals surface area (Å²) < 4.78 is 9.28. The van der Waals surface area contributed by atoms with E-state index in [0.29, 0.717) is 19.6 Å². The summed E-state index contributed by atoms with van der Waals surface area (Å²) in [4.78, 5) is 17.6. The Balaban J connectivity index is 2.01. The first-order valence-electron chi connectivity index (χ1n) is 7.10. The van der Waals surface area contributed by atoms with Crippen LogP contribution in [0.2, 0.25) is 0 Å². The molecule has 118 valence electrons. The topological polar surface area (TPSA) is 67.4 Å². The summed E-state index contributed by atoms with van der Waals surface area (Å²) in [6.45, 7) is 4.79. The zero-order valence-electron chi connectivity index (χ0n) is 13.0. The van der Waals surface area contributed by atoms with Crippen molar-refractivity contribution >= 4 is 33.9 Å². The van der Waals surface area contributed by atoms with Gasteiger partial charge < -0.3 is 15.0 Å². The number of carbonyl (C=O) groups is 1. The van der Waals surface area contributed by atoms with E-state index in [1.807, 2.05) is 31.2 Å². The van der Waals surface area contributed by atoms with Crippen LogP contribution in [0.1, 0.15) is 19.7 Å². The first kappa shape index (κ1) is 16.4. The first-order valence-corrected chi connectivity index (χ1v) is 7.88. The Morgan fingerprint density at radius 2 is 2.09 bits per heavy atom. The molecule has 0 fully saturated rings. The molecule has 0 atom stereocenters. The fourth-order valence-electron chi connectivity index (χ4n) is 2.03. The van der Waals surface area contributed by atoms with Crippen molar-refractivity contribution in [3.8, 4) is 0 Å². The summed E-state index contributed by atoms with van der Waals surface area (Å²) in [6.07, 6.45) is 0.706. The van der Waals surface area contributed by atoms with Gasteiger partial charge in [-0.25, -0.2) is 4.98 Å². The Morgan fingerprint density at radius 3 is 2.68 bits per heavy atom. The largest absolute Gasteiger partial charge is 0.384 e. The lowest BCUT2D eigenvalue weighted by Crippen LogP contribution is -2.27. The molecule has 0 aliphatic rings. The van der Waals surface area contributed by atoms with Crippen molar-refractivity contribution in [3.05, 3.63) is 30.1 Å². The zero-order chi connectivity index (χ0) is 15.9. The number of hydrogen-bond donors (Lipinski definition) is 1. The molecule has 1 aromatic carbocycles. The monoisotopic (exact) mass is 320 g/mol. The van der Waals surface area contributed by atoms with Gasteiger partial charge >= 0.3 is 0 Å². The highest BCUT2D eigenvalue weighted by molar-refractivity contribution is 7.09. The number of nitrogens with zero attached hydrogens (tertiary/aromatic N) is 3. The third-order valence-electron chi connectivity index (χ3n) is 3.12. The van der Waals surface area contributed by atoms with E-state index in [1.165, 1.54) is 11.5 Å². The highest BCUT2D eigenvalue weighted by Gasteiger charge is 2.09. The Hall–Kier alpha value is -1.99. The fraction of sp³-hybridized carbons (Fsp3) is 0.400. The van der Waals surface area contributed by atoms with Crippen molar-refractivity contribution in [3.63, 3.8) is 0 Å². The van der Waals surface area contributed by atoms with Gasteiger partial charge in [0, 0.05) is 49.9 Å². The highest BCUT2D eigenvalue weighted by Crippen LogP contribution is 2.22. The number of nitrogens with one attached hydrogen (secondary N) is 1. The van der Waals surface area contributed by atoms with E-state index in [1.54, 1.807) is 18.9 Å². The van der Waals surface area contributed by atoms with Gasteiger partial charge in [0.25, 0.3) is 0 Å². The fourth-order valence-corrected chi connectivity index (χ4v) is 2.67. The van der Waals surface area contributed by atoms with Crippen LogP contribution in [0.15, 0.2) is 24.3 Å². The summed E-state index contributed by atoms with van der Waals surface area (Å²) in [5.41, 5.74) is 1.80. The lowest BCUT2D eigenvalue weighted by molar-refractivity contribution is -0.116. The third kappa shape index (κ3) is 4.25. The number of methoxy groups -OCH3 is 1. The normalized spacial score (nSPS) is 10.5. The quantitative estimate of drug-likeness (QED) is 0.849. The van der Waals surface area contributed by atoms with Crippen LogP contribution in [-0.2, 0) is 16.0 Å². The Kier molecular flexibility index (Phi) is 5.85. The van der Waals surface area contributed by atoms with Gasteiger partial charge in [0.2, 0.25) is 11.0 Å². The van der Waals surface area contributed by atoms with E-state index in [-0.39, 0.29) is 5.91 Å². The maximum Gasteiger partial charge on any atom is 0.223 e. The summed E-state index contributed by atoms with van der Waals surface area (Å²) in [5.74, 6) is 0.815. The SMILES string of the molecule is CCN(C(C)=O)c1ccc(Nc2nc(CCOC)ns2)cc1. The molecule has 22 heavy (non-hydrogen) atoms. The number of benzene rings is 1. The van der Waals surface area contributed by atoms with Gasteiger partial charge in [-0.3, -0.25) is 4.79 Å². The average Bonchev–Trinajstić information content (AvgIpc) is 2.95. The van der Waals surface area contributed by atoms with Gasteiger partial charge in [0.05, 0.1) is 6.61 Å². The van der Waals surface area contributed by atoms with Crippen molar-refractivity contribution in [2.24, 2.45) is 0 Å². The molecule has 0 aliphatic carbocycles. The predicted octanol–water partition coefficient (Wildman–Crippen LogP) is 2.84. The van der Waals surface area contributed by atoms with E-state index in [4.69, 9.17) is 4.74 Å². The molecular formula is C15H20N4O2S. The van der Waals surface area contributed by atoms with E-state index < -0.39 is 0 Å². The number of amides is 1. The Morgan fingerprint density at radius 1 is 1.36 bits per heavy atom. The van der Waals surface area contributed by atoms with Crippen molar-refractivity contribution < 1.29 is 9.53 Å². The molecule has 0 saturated carbocycles. The third-order valence-corrected chi connectivity index (χ3v) is 3.79. The lowest BCUT2D eigenvalue weighted by Gasteiger charge is -2.19. The molecule has 0 aliphatic heterocycles. The summed E-state index contributed by atoms with van der Waals surface area (Å²) in [5, 5.41) is 3.96. The predicted molar refractivity (Wildman–Crippen MR) is 88.9 cm³/mol. The highest BCUT2D eigenvalue weighted by atomic mass is 32.1. The molecule has 0 unspecified atom stereocenters. The molecule has 1 amide bonds. The van der Waals surface area contributed by atoms with Crippen LogP contribution in [-0.4, -0.2) is 35.5 Å². The van der Waals surface area contributed by atoms with Gasteiger partial charge in [-0.1, -0.05) is 0 Å². The Labute approximate surface area is 134 Å². The minimum atomic E-state index is 0.0371. The minimum absolute atomic E-state index is 0.0371. The van der Waals surface area contributed by atoms with Crippen LogP contribution >= 0.6 is 11.5 Å². The molecular weight excluding hydrogens is 300 g/mol. The molecule has 0 bridgehead atoms. The number of rotatable bonds is 7. The number of carbonyl (C=O) groups excluding carboxylic acids is 1. The molecule has 2 aromatic rings. The molecule has 6 nitrogen and oxygen atoms in total. The van der Waals surface area contributed by atoms with Crippen LogP contribution in [0.5, 0.6) is 0 Å². The van der Waals surface area contributed by atoms with Gasteiger partial charge in [-0.2, -0.15) is 4.37 Å². The maximum absolute atomic E-state index is 11.5. The molecule has 2 rings (SSSR count). The number of anilines is 3. The van der Waals surface area contributed by atoms with E-state index >= 15 is 0 Å². The standard InChI is InChI=1S/C15H20N4O2S/c1-4-19(11(2)20)13-7-5-12(6-8-13)16-15-17-14(18-22-15)9-10-21-3/h5-8H,4,9-10H2,1-3H3,(H,16,17,18). The average molecular weight is 320 g/mol. The second-order valence-electron chi connectivity index (χ2n) is 4.69. The van der Waals surface area contributed by atoms with Crippen molar-refractivity contribution in [2.45, 2.75) is 20.3 Å². The minimum Gasteiger partial charge on any atom is -0.384 e. The van der Waals surface area contributed by atoms with Crippen LogP contribution in [0.25, 0.3) is 0 Å². The smallest absolute Gasteiger partial charge is 0.223 e. The number of hydrogen-bond acceptors (Lipinski definition) is 6. The maximum atomic E-state index is 11.5. The van der Waals surface area contributed by atoms with Crippen molar-refractivity contribution in [1.82, 2.24) is 9.36 Å². The van der Waals surface area contributed by atoms with Gasteiger partial charge in [-0.15, -0.1) is 0 Å². The number of aromatic nitrogens is 2. The first-order chi connectivity index (χ1) is 10.6. The summed E-state index contributed by atoms with van der Waals surface area (Å²) >= 11 is 1.32. The second-order valence-corrected chi connectivity index (χ2v) is 5.45. The zero-order valence-corrected chi connectivity index (χ0v) is 13.8. The number of ether oxygens (including phenoxy) is 1. The molecule has 0 spiro atoms. The van der Waals surface area contributed by atoms with Crippen LogP contribution in [0, 0.1) is 0 Å². The lowest BCUT2D eigenvalue weighted by atomic mass is 10.2. The summed E-state index contributed by atoms with van der Waals surface area (Å²) in [6, 6.07) is 7.69. The second kappa shape index (κ2) is 7.86.